The maximum atomic E-state index is 10.2. The van der Waals surface area contributed by atoms with Crippen LogP contribution >= 0.6 is 0 Å². The van der Waals surface area contributed by atoms with E-state index in [9.17, 15) is 5.11 Å². The molecular formula is C17H25NO2. The van der Waals surface area contributed by atoms with Gasteiger partial charge in [0.25, 0.3) is 0 Å². The predicted octanol–water partition coefficient (Wildman–Crippen LogP) is 2.47. The molecule has 0 spiro atoms. The van der Waals surface area contributed by atoms with E-state index in [1.807, 2.05) is 31.2 Å². The van der Waals surface area contributed by atoms with Crippen LogP contribution in [0.3, 0.4) is 0 Å². The molecule has 1 heterocycles. The number of ether oxygens (including phenoxy) is 1. The molecule has 110 valence electrons. The largest absolute Gasteiger partial charge is 0.491 e. The summed E-state index contributed by atoms with van der Waals surface area (Å²) >= 11 is 0. The summed E-state index contributed by atoms with van der Waals surface area (Å²) in [4.78, 5) is 2.42. The van der Waals surface area contributed by atoms with Crippen LogP contribution in [-0.4, -0.2) is 42.4 Å². The summed E-state index contributed by atoms with van der Waals surface area (Å²) in [6.45, 7) is 5.51. The SMILES string of the molecule is Cc1ccccc1OCC(O)CN1CC2CCCC2C1. The number of likely N-dealkylation sites (tertiary alicyclic amines) is 1. The summed E-state index contributed by atoms with van der Waals surface area (Å²) in [6.07, 6.45) is 3.78. The number of β-amino-alcohol motifs (C(OH)–C–C–N with tert-alkyl or cyclic N) is 1. The van der Waals surface area contributed by atoms with Crippen LogP contribution in [0.25, 0.3) is 0 Å². The highest BCUT2D eigenvalue weighted by atomic mass is 16.5. The first-order valence-corrected chi connectivity index (χ1v) is 7.81. The number of para-hydroxylation sites is 1. The number of aliphatic hydroxyl groups excluding tert-OH is 1. The number of hydrogen-bond acceptors (Lipinski definition) is 3. The quantitative estimate of drug-likeness (QED) is 0.896. The maximum Gasteiger partial charge on any atom is 0.122 e. The lowest BCUT2D eigenvalue weighted by molar-refractivity contribution is 0.0731. The molecule has 3 unspecified atom stereocenters. The van der Waals surface area contributed by atoms with Gasteiger partial charge in [-0.25, -0.2) is 0 Å². The molecule has 1 aliphatic heterocycles. The first-order valence-electron chi connectivity index (χ1n) is 7.81. The van der Waals surface area contributed by atoms with Gasteiger partial charge in [0, 0.05) is 19.6 Å². The fraction of sp³-hybridized carbons (Fsp3) is 0.647. The van der Waals surface area contributed by atoms with E-state index in [-0.39, 0.29) is 0 Å². The van der Waals surface area contributed by atoms with E-state index in [2.05, 4.69) is 4.90 Å². The van der Waals surface area contributed by atoms with Crippen molar-refractivity contribution in [2.24, 2.45) is 11.8 Å². The van der Waals surface area contributed by atoms with Crippen molar-refractivity contribution < 1.29 is 9.84 Å². The van der Waals surface area contributed by atoms with E-state index in [0.29, 0.717) is 6.61 Å². The predicted molar refractivity (Wildman–Crippen MR) is 80.0 cm³/mol. The Balaban J connectivity index is 1.44. The van der Waals surface area contributed by atoms with Crippen LogP contribution in [-0.2, 0) is 0 Å². The van der Waals surface area contributed by atoms with Gasteiger partial charge in [-0.2, -0.15) is 0 Å². The number of aryl methyl sites for hydroxylation is 1. The molecule has 3 heteroatoms. The molecule has 1 N–H and O–H groups in total. The van der Waals surface area contributed by atoms with Crippen molar-refractivity contribution >= 4 is 0 Å². The average Bonchev–Trinajstić information content (AvgIpc) is 2.98. The van der Waals surface area contributed by atoms with Crippen LogP contribution < -0.4 is 4.74 Å². The Morgan fingerprint density at radius 3 is 2.65 bits per heavy atom. The Hall–Kier alpha value is -1.06. The van der Waals surface area contributed by atoms with Crippen molar-refractivity contribution in [1.82, 2.24) is 4.90 Å². The van der Waals surface area contributed by atoms with Crippen LogP contribution in [0.2, 0.25) is 0 Å². The molecule has 3 rings (SSSR count). The first kappa shape index (κ1) is 13.9. The van der Waals surface area contributed by atoms with Gasteiger partial charge in [0.1, 0.15) is 18.5 Å². The molecule has 1 aromatic rings. The second-order valence-electron chi connectivity index (χ2n) is 6.40. The van der Waals surface area contributed by atoms with Gasteiger partial charge >= 0.3 is 0 Å². The Kier molecular flexibility index (Phi) is 4.27. The summed E-state index contributed by atoms with van der Waals surface area (Å²) in [5, 5.41) is 10.2. The molecule has 1 saturated carbocycles. The third-order valence-electron chi connectivity index (χ3n) is 4.80. The maximum absolute atomic E-state index is 10.2. The summed E-state index contributed by atoms with van der Waals surface area (Å²) in [5.41, 5.74) is 1.12. The van der Waals surface area contributed by atoms with Gasteiger partial charge in [-0.3, -0.25) is 0 Å². The zero-order chi connectivity index (χ0) is 13.9. The van der Waals surface area contributed by atoms with Crippen molar-refractivity contribution in [2.45, 2.75) is 32.3 Å². The lowest BCUT2D eigenvalue weighted by Crippen LogP contribution is -2.34. The molecule has 3 nitrogen and oxygen atoms in total. The summed E-state index contributed by atoms with van der Waals surface area (Å²) in [6, 6.07) is 7.96. The molecule has 1 aromatic carbocycles. The third-order valence-corrected chi connectivity index (χ3v) is 4.80. The number of aliphatic hydroxyl groups is 1. The molecule has 2 fully saturated rings. The van der Waals surface area contributed by atoms with E-state index in [1.165, 1.54) is 32.4 Å². The minimum absolute atomic E-state index is 0.386. The summed E-state index contributed by atoms with van der Waals surface area (Å²) in [7, 11) is 0. The minimum Gasteiger partial charge on any atom is -0.491 e. The zero-order valence-corrected chi connectivity index (χ0v) is 12.3. The third kappa shape index (κ3) is 3.15. The van der Waals surface area contributed by atoms with Crippen molar-refractivity contribution in [3.8, 4) is 5.75 Å². The Labute approximate surface area is 121 Å². The van der Waals surface area contributed by atoms with E-state index in [0.717, 1.165) is 29.7 Å². The molecular weight excluding hydrogens is 250 g/mol. The van der Waals surface area contributed by atoms with E-state index < -0.39 is 6.10 Å². The molecule has 0 bridgehead atoms. The van der Waals surface area contributed by atoms with Gasteiger partial charge in [0.05, 0.1) is 0 Å². The Bertz CT molecular complexity index is 436. The highest BCUT2D eigenvalue weighted by molar-refractivity contribution is 5.31. The molecule has 1 aliphatic carbocycles. The molecule has 0 radical (unpaired) electrons. The molecule has 0 amide bonds. The average molecular weight is 275 g/mol. The zero-order valence-electron chi connectivity index (χ0n) is 12.3. The van der Waals surface area contributed by atoms with Gasteiger partial charge < -0.3 is 14.7 Å². The van der Waals surface area contributed by atoms with E-state index in [1.54, 1.807) is 0 Å². The highest BCUT2D eigenvalue weighted by Gasteiger charge is 2.36. The normalized spacial score (nSPS) is 27.5. The van der Waals surface area contributed by atoms with Crippen molar-refractivity contribution in [3.05, 3.63) is 29.8 Å². The van der Waals surface area contributed by atoms with Gasteiger partial charge in [0.15, 0.2) is 0 Å². The number of hydrogen-bond donors (Lipinski definition) is 1. The molecule has 20 heavy (non-hydrogen) atoms. The number of nitrogens with zero attached hydrogens (tertiary/aromatic N) is 1. The molecule has 2 aliphatic rings. The fourth-order valence-corrected chi connectivity index (χ4v) is 3.74. The van der Waals surface area contributed by atoms with Crippen LogP contribution in [0.4, 0.5) is 0 Å². The van der Waals surface area contributed by atoms with Crippen molar-refractivity contribution in [1.29, 1.82) is 0 Å². The standard InChI is InChI=1S/C17H25NO2/c1-13-5-2-3-8-17(13)20-12-16(19)11-18-9-14-6-4-7-15(14)10-18/h2-3,5,8,14-16,19H,4,6-7,9-12H2,1H3. The monoisotopic (exact) mass is 275 g/mol. The number of rotatable bonds is 5. The second-order valence-corrected chi connectivity index (χ2v) is 6.40. The number of benzene rings is 1. The summed E-state index contributed by atoms with van der Waals surface area (Å²) < 4.78 is 5.73. The van der Waals surface area contributed by atoms with Crippen LogP contribution in [0.1, 0.15) is 24.8 Å². The van der Waals surface area contributed by atoms with Crippen molar-refractivity contribution in [2.75, 3.05) is 26.2 Å². The lowest BCUT2D eigenvalue weighted by atomic mass is 10.0. The molecule has 0 aromatic heterocycles. The topological polar surface area (TPSA) is 32.7 Å². The van der Waals surface area contributed by atoms with Gasteiger partial charge in [-0.15, -0.1) is 0 Å². The lowest BCUT2D eigenvalue weighted by Gasteiger charge is -2.21. The van der Waals surface area contributed by atoms with Crippen molar-refractivity contribution in [3.63, 3.8) is 0 Å². The smallest absolute Gasteiger partial charge is 0.122 e. The Morgan fingerprint density at radius 1 is 1.25 bits per heavy atom. The van der Waals surface area contributed by atoms with E-state index >= 15 is 0 Å². The number of fused-ring (bicyclic) bond motifs is 1. The molecule has 3 atom stereocenters. The van der Waals surface area contributed by atoms with Crippen LogP contribution in [0.5, 0.6) is 5.75 Å². The first-order chi connectivity index (χ1) is 9.72. The van der Waals surface area contributed by atoms with Gasteiger partial charge in [-0.05, 0) is 43.2 Å². The Morgan fingerprint density at radius 2 is 1.95 bits per heavy atom. The van der Waals surface area contributed by atoms with Crippen LogP contribution in [0.15, 0.2) is 24.3 Å². The minimum atomic E-state index is -0.395. The highest BCUT2D eigenvalue weighted by Crippen LogP contribution is 2.37. The van der Waals surface area contributed by atoms with E-state index in [4.69, 9.17) is 4.74 Å². The van der Waals surface area contributed by atoms with Gasteiger partial charge in [-0.1, -0.05) is 24.6 Å². The fourth-order valence-electron chi connectivity index (χ4n) is 3.74. The van der Waals surface area contributed by atoms with Gasteiger partial charge in [0.2, 0.25) is 0 Å². The second kappa shape index (κ2) is 6.15. The summed E-state index contributed by atoms with van der Waals surface area (Å²) in [5.74, 6) is 2.66. The molecule has 1 saturated heterocycles. The van der Waals surface area contributed by atoms with Crippen LogP contribution in [0, 0.1) is 18.8 Å².